The monoisotopic (exact) mass is 269 g/mol. The first-order valence-corrected chi connectivity index (χ1v) is 7.44. The highest BCUT2D eigenvalue weighted by molar-refractivity contribution is 5.79. The van der Waals surface area contributed by atoms with E-state index in [2.05, 4.69) is 22.5 Å². The highest BCUT2D eigenvalue weighted by Crippen LogP contribution is 2.31. The van der Waals surface area contributed by atoms with E-state index in [1.54, 1.807) is 0 Å². The quantitative estimate of drug-likeness (QED) is 0.538. The number of nitrogens with zero attached hydrogens (tertiary/aromatic N) is 1. The summed E-state index contributed by atoms with van der Waals surface area (Å²) >= 11 is 0. The number of guanidine groups is 1. The second kappa shape index (κ2) is 7.70. The molecule has 1 aliphatic heterocycles. The van der Waals surface area contributed by atoms with Gasteiger partial charge in [-0.2, -0.15) is 0 Å². The molecule has 5 heteroatoms. The molecule has 0 radical (unpaired) electrons. The Hall–Kier alpha value is -0.810. The van der Waals surface area contributed by atoms with Crippen LogP contribution in [-0.2, 0) is 9.47 Å². The van der Waals surface area contributed by atoms with E-state index in [4.69, 9.17) is 9.47 Å². The van der Waals surface area contributed by atoms with E-state index in [9.17, 15) is 0 Å². The van der Waals surface area contributed by atoms with Gasteiger partial charge in [-0.3, -0.25) is 4.99 Å². The summed E-state index contributed by atoms with van der Waals surface area (Å²) in [5, 5.41) is 6.72. The maximum atomic E-state index is 5.79. The minimum Gasteiger partial charge on any atom is -0.379 e. The average Bonchev–Trinajstić information content (AvgIpc) is 3.08. The predicted octanol–water partition coefficient (Wildman–Crippen LogP) is 1.15. The van der Waals surface area contributed by atoms with Gasteiger partial charge in [0, 0.05) is 26.2 Å². The summed E-state index contributed by atoms with van der Waals surface area (Å²) in [5.74, 6) is 1.83. The number of ether oxygens (including phenoxy) is 2. The van der Waals surface area contributed by atoms with Gasteiger partial charge < -0.3 is 20.1 Å². The second-order valence-corrected chi connectivity index (χ2v) is 5.60. The third-order valence-electron chi connectivity index (χ3n) is 3.62. The fraction of sp³-hybridized carbons (Fsp3) is 0.929. The average molecular weight is 269 g/mol. The molecule has 1 aliphatic carbocycles. The van der Waals surface area contributed by atoms with Gasteiger partial charge in [-0.05, 0) is 25.7 Å². The fourth-order valence-corrected chi connectivity index (χ4v) is 2.20. The third kappa shape index (κ3) is 5.78. The Labute approximate surface area is 116 Å². The van der Waals surface area contributed by atoms with E-state index in [0.29, 0.717) is 6.61 Å². The number of rotatable bonds is 7. The molecule has 2 atom stereocenters. The van der Waals surface area contributed by atoms with Crippen molar-refractivity contribution in [1.82, 2.24) is 10.6 Å². The smallest absolute Gasteiger partial charge is 0.191 e. The van der Waals surface area contributed by atoms with Gasteiger partial charge in [0.25, 0.3) is 0 Å². The van der Waals surface area contributed by atoms with Crippen LogP contribution < -0.4 is 10.6 Å². The SMILES string of the molecule is CN=C(NCCC1CC1)NC(C)COC1CCOC1. The van der Waals surface area contributed by atoms with Gasteiger partial charge in [-0.25, -0.2) is 0 Å². The van der Waals surface area contributed by atoms with Gasteiger partial charge in [-0.1, -0.05) is 12.8 Å². The predicted molar refractivity (Wildman–Crippen MR) is 76.5 cm³/mol. The highest BCUT2D eigenvalue weighted by atomic mass is 16.5. The summed E-state index contributed by atoms with van der Waals surface area (Å²) in [6.07, 6.45) is 5.35. The van der Waals surface area contributed by atoms with E-state index >= 15 is 0 Å². The molecule has 2 rings (SSSR count). The van der Waals surface area contributed by atoms with E-state index in [-0.39, 0.29) is 12.1 Å². The Kier molecular flexibility index (Phi) is 5.92. The summed E-state index contributed by atoms with van der Waals surface area (Å²) in [6, 6.07) is 0.257. The number of nitrogens with one attached hydrogen (secondary N) is 2. The largest absolute Gasteiger partial charge is 0.379 e. The first-order valence-electron chi connectivity index (χ1n) is 7.44. The third-order valence-corrected chi connectivity index (χ3v) is 3.62. The number of aliphatic imine (C=N–C) groups is 1. The fourth-order valence-electron chi connectivity index (χ4n) is 2.20. The van der Waals surface area contributed by atoms with Crippen LogP contribution in [0.5, 0.6) is 0 Å². The van der Waals surface area contributed by atoms with Crippen molar-refractivity contribution >= 4 is 5.96 Å². The van der Waals surface area contributed by atoms with Gasteiger partial charge in [0.05, 0.1) is 19.3 Å². The molecule has 110 valence electrons. The van der Waals surface area contributed by atoms with Crippen molar-refractivity contribution in [2.75, 3.05) is 33.4 Å². The lowest BCUT2D eigenvalue weighted by atomic mass is 10.3. The normalized spacial score (nSPS) is 25.4. The minimum atomic E-state index is 0.257. The molecule has 2 fully saturated rings. The van der Waals surface area contributed by atoms with Crippen molar-refractivity contribution in [3.8, 4) is 0 Å². The van der Waals surface area contributed by atoms with Crippen LogP contribution in [0.4, 0.5) is 0 Å². The van der Waals surface area contributed by atoms with Gasteiger partial charge in [0.15, 0.2) is 5.96 Å². The molecule has 1 heterocycles. The van der Waals surface area contributed by atoms with Crippen LogP contribution in [0, 0.1) is 5.92 Å². The molecule has 0 bridgehead atoms. The van der Waals surface area contributed by atoms with Crippen molar-refractivity contribution in [2.24, 2.45) is 10.9 Å². The Morgan fingerprint density at radius 2 is 2.26 bits per heavy atom. The topological polar surface area (TPSA) is 54.9 Å². The summed E-state index contributed by atoms with van der Waals surface area (Å²) in [5.41, 5.74) is 0. The molecular formula is C14H27N3O2. The zero-order valence-electron chi connectivity index (χ0n) is 12.2. The van der Waals surface area contributed by atoms with Gasteiger partial charge in [-0.15, -0.1) is 0 Å². The molecule has 0 aromatic rings. The summed E-state index contributed by atoms with van der Waals surface area (Å²) in [6.45, 7) is 5.38. The lowest BCUT2D eigenvalue weighted by molar-refractivity contribution is 0.0347. The molecule has 0 aromatic heterocycles. The zero-order valence-corrected chi connectivity index (χ0v) is 12.2. The Morgan fingerprint density at radius 3 is 2.89 bits per heavy atom. The van der Waals surface area contributed by atoms with Crippen LogP contribution in [0.25, 0.3) is 0 Å². The highest BCUT2D eigenvalue weighted by Gasteiger charge is 2.20. The molecule has 0 spiro atoms. The van der Waals surface area contributed by atoms with Crippen LogP contribution in [-0.4, -0.2) is 51.5 Å². The van der Waals surface area contributed by atoms with Crippen LogP contribution in [0.15, 0.2) is 4.99 Å². The van der Waals surface area contributed by atoms with Crippen molar-refractivity contribution < 1.29 is 9.47 Å². The number of hydrogen-bond donors (Lipinski definition) is 2. The summed E-state index contributed by atoms with van der Waals surface area (Å²) in [7, 11) is 1.81. The first kappa shape index (κ1) is 14.6. The first-order chi connectivity index (χ1) is 9.28. The molecule has 0 aromatic carbocycles. The summed E-state index contributed by atoms with van der Waals surface area (Å²) < 4.78 is 11.1. The second-order valence-electron chi connectivity index (χ2n) is 5.60. The molecule has 1 saturated heterocycles. The molecule has 1 saturated carbocycles. The van der Waals surface area contributed by atoms with Crippen molar-refractivity contribution in [2.45, 2.75) is 44.8 Å². The Balaban J connectivity index is 1.56. The Morgan fingerprint density at radius 1 is 1.42 bits per heavy atom. The van der Waals surface area contributed by atoms with Gasteiger partial charge in [0.2, 0.25) is 0 Å². The van der Waals surface area contributed by atoms with Crippen LogP contribution in [0.1, 0.15) is 32.6 Å². The van der Waals surface area contributed by atoms with Crippen LogP contribution >= 0.6 is 0 Å². The van der Waals surface area contributed by atoms with Crippen molar-refractivity contribution in [3.05, 3.63) is 0 Å². The van der Waals surface area contributed by atoms with Gasteiger partial charge >= 0.3 is 0 Å². The Bertz CT molecular complexity index is 286. The van der Waals surface area contributed by atoms with Crippen molar-refractivity contribution in [1.29, 1.82) is 0 Å². The van der Waals surface area contributed by atoms with Crippen molar-refractivity contribution in [3.63, 3.8) is 0 Å². The minimum absolute atomic E-state index is 0.257. The molecule has 19 heavy (non-hydrogen) atoms. The maximum Gasteiger partial charge on any atom is 0.191 e. The molecule has 5 nitrogen and oxygen atoms in total. The molecule has 2 unspecified atom stereocenters. The molecule has 0 amide bonds. The van der Waals surface area contributed by atoms with E-state index in [1.807, 2.05) is 7.05 Å². The number of hydrogen-bond acceptors (Lipinski definition) is 3. The lowest BCUT2D eigenvalue weighted by Gasteiger charge is -2.19. The molecule has 2 N–H and O–H groups in total. The van der Waals surface area contributed by atoms with Crippen LogP contribution in [0.2, 0.25) is 0 Å². The lowest BCUT2D eigenvalue weighted by Crippen LogP contribution is -2.44. The zero-order chi connectivity index (χ0) is 13.5. The van der Waals surface area contributed by atoms with E-state index in [0.717, 1.165) is 38.1 Å². The molecule has 2 aliphatic rings. The van der Waals surface area contributed by atoms with E-state index < -0.39 is 0 Å². The maximum absolute atomic E-state index is 5.79. The van der Waals surface area contributed by atoms with Gasteiger partial charge in [0.1, 0.15) is 0 Å². The standard InChI is InChI=1S/C14H27N3O2/c1-11(9-19-13-6-8-18-10-13)17-14(15-2)16-7-5-12-3-4-12/h11-13H,3-10H2,1-2H3,(H2,15,16,17). The molecular weight excluding hydrogens is 242 g/mol. The van der Waals surface area contributed by atoms with Crippen LogP contribution in [0.3, 0.4) is 0 Å². The summed E-state index contributed by atoms with van der Waals surface area (Å²) in [4.78, 5) is 4.24. The van der Waals surface area contributed by atoms with E-state index in [1.165, 1.54) is 19.3 Å².